The Kier molecular flexibility index (Phi) is 8.10. The predicted molar refractivity (Wildman–Crippen MR) is 115 cm³/mol. The Bertz CT molecular complexity index is 951. The lowest BCUT2D eigenvalue weighted by molar-refractivity contribution is -0.266. The molecule has 9 nitrogen and oxygen atoms in total. The quantitative estimate of drug-likeness (QED) is 0.363. The summed E-state index contributed by atoms with van der Waals surface area (Å²) in [4.78, 5) is 21.8. The lowest BCUT2D eigenvalue weighted by atomic mass is 9.99. The van der Waals surface area contributed by atoms with Crippen molar-refractivity contribution in [3.05, 3.63) is 54.1 Å². The second-order valence-electron chi connectivity index (χ2n) is 7.31. The van der Waals surface area contributed by atoms with E-state index in [0.717, 1.165) is 11.8 Å². The summed E-state index contributed by atoms with van der Waals surface area (Å²) in [6.45, 7) is 0. The lowest BCUT2D eigenvalue weighted by Crippen LogP contribution is -2.59. The molecule has 0 amide bonds. The minimum absolute atomic E-state index is 0.0794. The summed E-state index contributed by atoms with van der Waals surface area (Å²) in [6, 6.07) is 13.8. The highest BCUT2D eigenvalue weighted by Crippen LogP contribution is 2.33. The first kappa shape index (κ1) is 24.0. The van der Waals surface area contributed by atoms with Crippen molar-refractivity contribution in [1.29, 1.82) is 0 Å². The van der Waals surface area contributed by atoms with Crippen molar-refractivity contribution in [2.24, 2.45) is 0 Å². The van der Waals surface area contributed by atoms with Gasteiger partial charge in [0.1, 0.15) is 24.1 Å². The van der Waals surface area contributed by atoms with Gasteiger partial charge >= 0.3 is 11.9 Å². The number of aliphatic carboxylic acids is 2. The van der Waals surface area contributed by atoms with Gasteiger partial charge in [-0.05, 0) is 17.2 Å². The molecule has 1 fully saturated rings. The van der Waals surface area contributed by atoms with E-state index in [2.05, 4.69) is 0 Å². The first-order valence-electron chi connectivity index (χ1n) is 9.82. The number of benzene rings is 2. The number of aliphatic hydroxyl groups is 3. The van der Waals surface area contributed by atoms with Crippen LogP contribution in [-0.4, -0.2) is 79.7 Å². The fourth-order valence-corrected chi connectivity index (χ4v) is 4.17. The lowest BCUT2D eigenvalue weighted by Gasteiger charge is -2.40. The van der Waals surface area contributed by atoms with Gasteiger partial charge in [0.25, 0.3) is 0 Å². The van der Waals surface area contributed by atoms with Crippen LogP contribution < -0.4 is 4.74 Å². The molecule has 0 bridgehead atoms. The minimum atomic E-state index is -1.55. The fraction of sp³-hybridized carbons (Fsp3) is 0.364. The maximum atomic E-state index is 11.0. The van der Waals surface area contributed by atoms with Crippen molar-refractivity contribution in [1.82, 2.24) is 0 Å². The van der Waals surface area contributed by atoms with Gasteiger partial charge in [-0.3, -0.25) is 9.59 Å². The van der Waals surface area contributed by atoms with Crippen molar-refractivity contribution in [3.8, 4) is 16.9 Å². The number of ether oxygens (including phenoxy) is 2. The van der Waals surface area contributed by atoms with E-state index >= 15 is 0 Å². The van der Waals surface area contributed by atoms with E-state index in [0.29, 0.717) is 22.4 Å². The molecule has 2 aromatic carbocycles. The van der Waals surface area contributed by atoms with E-state index in [1.54, 1.807) is 48.5 Å². The number of rotatable bonds is 9. The summed E-state index contributed by atoms with van der Waals surface area (Å²) in [5.41, 5.74) is 1.92. The number of carbonyl (C=O) groups is 2. The molecule has 1 aliphatic heterocycles. The molecule has 0 unspecified atom stereocenters. The van der Waals surface area contributed by atoms with Gasteiger partial charge in [0, 0.05) is 11.3 Å². The van der Waals surface area contributed by atoms with Gasteiger partial charge in [0.05, 0.1) is 18.3 Å². The number of hydrogen-bond acceptors (Lipinski definition) is 8. The van der Waals surface area contributed by atoms with Crippen molar-refractivity contribution in [2.45, 2.75) is 37.1 Å². The van der Waals surface area contributed by atoms with Crippen LogP contribution in [0.5, 0.6) is 5.75 Å². The Morgan fingerprint density at radius 2 is 1.69 bits per heavy atom. The molecule has 5 atom stereocenters. The first-order chi connectivity index (χ1) is 15.3. The van der Waals surface area contributed by atoms with Gasteiger partial charge in [0.15, 0.2) is 0 Å². The minimum Gasteiger partial charge on any atom is -0.481 e. The molecule has 10 heteroatoms. The second-order valence-corrected chi connectivity index (χ2v) is 8.34. The molecule has 0 spiro atoms. The monoisotopic (exact) mass is 464 g/mol. The van der Waals surface area contributed by atoms with E-state index in [1.165, 1.54) is 0 Å². The fourth-order valence-electron chi connectivity index (χ4n) is 3.37. The molecule has 0 aromatic heterocycles. The van der Waals surface area contributed by atoms with Gasteiger partial charge in [-0.1, -0.05) is 42.5 Å². The average Bonchev–Trinajstić information content (AvgIpc) is 2.75. The Balaban J connectivity index is 1.80. The molecule has 3 rings (SSSR count). The van der Waals surface area contributed by atoms with E-state index in [4.69, 9.17) is 19.7 Å². The smallest absolute Gasteiger partial charge is 0.313 e. The first-order valence-corrected chi connectivity index (χ1v) is 11.0. The Labute approximate surface area is 188 Å². The van der Waals surface area contributed by atoms with Crippen LogP contribution in [0, 0.1) is 0 Å². The number of aliphatic hydroxyl groups excluding tert-OH is 3. The largest absolute Gasteiger partial charge is 0.481 e. The zero-order chi connectivity index (χ0) is 23.3. The second kappa shape index (κ2) is 10.8. The van der Waals surface area contributed by atoms with Crippen LogP contribution in [0.3, 0.4) is 0 Å². The highest BCUT2D eigenvalue weighted by Gasteiger charge is 2.45. The zero-order valence-corrected chi connectivity index (χ0v) is 17.7. The highest BCUT2D eigenvalue weighted by atomic mass is 32.2. The maximum absolute atomic E-state index is 11.0. The van der Waals surface area contributed by atoms with Crippen LogP contribution in [-0.2, 0) is 20.7 Å². The topological polar surface area (TPSA) is 154 Å². The number of para-hydroxylation sites is 1. The molecule has 1 heterocycles. The summed E-state index contributed by atoms with van der Waals surface area (Å²) >= 11 is 1.01. The predicted octanol–water partition coefficient (Wildman–Crippen LogP) is 0.985. The molecule has 0 saturated carbocycles. The molecule has 5 N–H and O–H groups in total. The van der Waals surface area contributed by atoms with Crippen LogP contribution in [0.15, 0.2) is 48.5 Å². The van der Waals surface area contributed by atoms with Crippen LogP contribution in [0.1, 0.15) is 5.56 Å². The van der Waals surface area contributed by atoms with Crippen molar-refractivity contribution in [2.75, 3.05) is 11.5 Å². The van der Waals surface area contributed by atoms with Crippen molar-refractivity contribution in [3.63, 3.8) is 0 Å². The Morgan fingerprint density at radius 1 is 0.938 bits per heavy atom. The average molecular weight is 464 g/mol. The normalized spacial score (nSPS) is 25.3. The van der Waals surface area contributed by atoms with Gasteiger partial charge in [-0.2, -0.15) is 0 Å². The summed E-state index contributed by atoms with van der Waals surface area (Å²) in [7, 11) is 0. The summed E-state index contributed by atoms with van der Waals surface area (Å²) < 4.78 is 11.5. The van der Waals surface area contributed by atoms with E-state index < -0.39 is 42.6 Å². The molecule has 172 valence electrons. The van der Waals surface area contributed by atoms with Gasteiger partial charge < -0.3 is 35.0 Å². The van der Waals surface area contributed by atoms with Gasteiger partial charge in [0.2, 0.25) is 6.29 Å². The van der Waals surface area contributed by atoms with Crippen molar-refractivity contribution < 1.29 is 44.6 Å². The third-order valence-corrected chi connectivity index (χ3v) is 5.91. The van der Waals surface area contributed by atoms with Crippen LogP contribution >= 0.6 is 11.8 Å². The SMILES string of the molecule is O=C(O)CSC[C@H]1O[C@@H](Oc2ccccc2-c2cccc(CC(=O)O)c2)[C@@H](O)[C@@H](O)[C@@H]1O. The molecular weight excluding hydrogens is 440 g/mol. The summed E-state index contributed by atoms with van der Waals surface area (Å²) in [6.07, 6.45) is -6.90. The Hall–Kier alpha value is -2.63. The van der Waals surface area contributed by atoms with Gasteiger partial charge in [-0.25, -0.2) is 0 Å². The summed E-state index contributed by atoms with van der Waals surface area (Å²) in [5, 5.41) is 48.6. The number of carboxylic acid groups (broad SMARTS) is 2. The molecule has 2 aromatic rings. The molecular formula is C22H24O9S. The Morgan fingerprint density at radius 3 is 2.41 bits per heavy atom. The number of carboxylic acids is 2. The molecule has 1 aliphatic rings. The highest BCUT2D eigenvalue weighted by molar-refractivity contribution is 7.99. The van der Waals surface area contributed by atoms with Crippen LogP contribution in [0.25, 0.3) is 11.1 Å². The zero-order valence-electron chi connectivity index (χ0n) is 16.9. The molecule has 0 aliphatic carbocycles. The standard InChI is InChI=1S/C22H24O9S/c23-17(24)9-12-4-3-5-13(8-12)14-6-1-2-7-15(14)30-22-21(29)20(28)19(27)16(31-22)10-32-11-18(25)26/h1-8,16,19-22,27-29H,9-11H2,(H,23,24)(H,25,26)/t16-,19-,20+,21+,22-/m1/s1. The molecule has 0 radical (unpaired) electrons. The third kappa shape index (κ3) is 5.99. The van der Waals surface area contributed by atoms with Crippen LogP contribution in [0.2, 0.25) is 0 Å². The van der Waals surface area contributed by atoms with Crippen LogP contribution in [0.4, 0.5) is 0 Å². The van der Waals surface area contributed by atoms with E-state index in [9.17, 15) is 24.9 Å². The van der Waals surface area contributed by atoms with E-state index in [-0.39, 0.29) is 17.9 Å². The van der Waals surface area contributed by atoms with Gasteiger partial charge in [-0.15, -0.1) is 11.8 Å². The van der Waals surface area contributed by atoms with E-state index in [1.807, 2.05) is 0 Å². The number of thioether (sulfide) groups is 1. The maximum Gasteiger partial charge on any atom is 0.313 e. The number of hydrogen-bond donors (Lipinski definition) is 5. The summed E-state index contributed by atoms with van der Waals surface area (Å²) in [5.74, 6) is -1.77. The molecule has 1 saturated heterocycles. The third-order valence-electron chi connectivity index (χ3n) is 4.90. The molecule has 32 heavy (non-hydrogen) atoms. The van der Waals surface area contributed by atoms with Crippen molar-refractivity contribution >= 4 is 23.7 Å².